The van der Waals surface area contributed by atoms with Gasteiger partial charge in [-0.1, -0.05) is 18.2 Å². The van der Waals surface area contributed by atoms with Gasteiger partial charge in [-0.15, -0.1) is 0 Å². The van der Waals surface area contributed by atoms with Crippen LogP contribution in [0.3, 0.4) is 0 Å². The van der Waals surface area contributed by atoms with Crippen molar-refractivity contribution >= 4 is 23.7 Å². The van der Waals surface area contributed by atoms with Crippen molar-refractivity contribution in [2.75, 3.05) is 39.8 Å². The Hall–Kier alpha value is -2.90. The lowest BCUT2D eigenvalue weighted by Gasteiger charge is -2.32. The van der Waals surface area contributed by atoms with E-state index < -0.39 is 0 Å². The molecule has 1 saturated heterocycles. The highest BCUT2D eigenvalue weighted by molar-refractivity contribution is 5.95. The predicted molar refractivity (Wildman–Crippen MR) is 112 cm³/mol. The molecule has 0 radical (unpaired) electrons. The maximum atomic E-state index is 12.6. The number of piperidine rings is 1. The summed E-state index contributed by atoms with van der Waals surface area (Å²) in [6.45, 7) is 4.97. The molecule has 1 atom stereocenters. The van der Waals surface area contributed by atoms with Crippen molar-refractivity contribution in [1.82, 2.24) is 15.1 Å². The van der Waals surface area contributed by atoms with Crippen LogP contribution in [0.5, 0.6) is 0 Å². The number of esters is 1. The molecule has 0 saturated carbocycles. The van der Waals surface area contributed by atoms with Gasteiger partial charge in [0.25, 0.3) is 5.91 Å². The molecule has 1 unspecified atom stereocenters. The second kappa shape index (κ2) is 11.3. The summed E-state index contributed by atoms with van der Waals surface area (Å²) in [5.74, 6) is -1.22. The maximum Gasteiger partial charge on any atom is 0.310 e. The second-order valence-corrected chi connectivity index (χ2v) is 7.50. The third kappa shape index (κ3) is 6.57. The zero-order valence-corrected chi connectivity index (χ0v) is 18.0. The van der Waals surface area contributed by atoms with E-state index in [9.17, 15) is 19.2 Å². The van der Waals surface area contributed by atoms with Gasteiger partial charge < -0.3 is 19.9 Å². The van der Waals surface area contributed by atoms with Gasteiger partial charge in [-0.2, -0.15) is 0 Å². The van der Waals surface area contributed by atoms with E-state index in [1.54, 1.807) is 31.0 Å². The number of amides is 3. The molecular formula is C22H31N3O5. The first-order valence-electron chi connectivity index (χ1n) is 10.4. The first kappa shape index (κ1) is 23.4. The van der Waals surface area contributed by atoms with Crippen LogP contribution in [0.2, 0.25) is 0 Å². The number of nitrogens with one attached hydrogen (secondary N) is 1. The monoisotopic (exact) mass is 417 g/mol. The van der Waals surface area contributed by atoms with E-state index in [1.165, 1.54) is 4.90 Å². The van der Waals surface area contributed by atoms with Gasteiger partial charge >= 0.3 is 5.97 Å². The van der Waals surface area contributed by atoms with Gasteiger partial charge in [0.1, 0.15) is 0 Å². The van der Waals surface area contributed by atoms with E-state index >= 15 is 0 Å². The average Bonchev–Trinajstić information content (AvgIpc) is 2.74. The fourth-order valence-corrected chi connectivity index (χ4v) is 3.44. The van der Waals surface area contributed by atoms with E-state index in [0.717, 1.165) is 12.0 Å². The molecule has 1 aromatic carbocycles. The van der Waals surface area contributed by atoms with Gasteiger partial charge in [0.05, 0.1) is 19.1 Å². The van der Waals surface area contributed by atoms with Gasteiger partial charge in [0.15, 0.2) is 0 Å². The molecule has 164 valence electrons. The fraction of sp³-hybridized carbons (Fsp3) is 0.545. The van der Waals surface area contributed by atoms with Crippen LogP contribution in [0.25, 0.3) is 0 Å². The molecule has 1 N–H and O–H groups in total. The number of likely N-dealkylation sites (N-methyl/N-ethyl adjacent to an activating group) is 1. The van der Waals surface area contributed by atoms with Crippen molar-refractivity contribution in [2.45, 2.75) is 33.1 Å². The minimum Gasteiger partial charge on any atom is -0.466 e. The molecular weight excluding hydrogens is 386 g/mol. The molecule has 1 aliphatic heterocycles. The average molecular weight is 418 g/mol. The Morgan fingerprint density at radius 1 is 1.23 bits per heavy atom. The lowest BCUT2D eigenvalue weighted by Crippen LogP contribution is -2.47. The smallest absolute Gasteiger partial charge is 0.310 e. The minimum absolute atomic E-state index is 0.0554. The zero-order chi connectivity index (χ0) is 22.1. The highest BCUT2D eigenvalue weighted by Gasteiger charge is 2.30. The largest absolute Gasteiger partial charge is 0.466 e. The number of ether oxygens (including phenoxy) is 1. The first-order valence-corrected chi connectivity index (χ1v) is 10.4. The molecule has 1 aromatic rings. The van der Waals surface area contributed by atoms with E-state index in [0.29, 0.717) is 31.7 Å². The molecule has 3 amide bonds. The third-order valence-electron chi connectivity index (χ3n) is 5.21. The Bertz CT molecular complexity index is 780. The first-order chi connectivity index (χ1) is 14.3. The summed E-state index contributed by atoms with van der Waals surface area (Å²) in [6, 6.07) is 7.24. The molecule has 30 heavy (non-hydrogen) atoms. The van der Waals surface area contributed by atoms with Crippen molar-refractivity contribution in [1.29, 1.82) is 0 Å². The lowest BCUT2D eigenvalue weighted by atomic mass is 9.98. The molecule has 0 aromatic heterocycles. The Kier molecular flexibility index (Phi) is 8.83. The van der Waals surface area contributed by atoms with Gasteiger partial charge in [-0.3, -0.25) is 19.2 Å². The Balaban J connectivity index is 1.76. The van der Waals surface area contributed by atoms with Gasteiger partial charge in [0, 0.05) is 38.7 Å². The number of aryl methyl sites for hydroxylation is 1. The predicted octanol–water partition coefficient (Wildman–Crippen LogP) is 1.38. The number of likely N-dealkylation sites (tertiary alicyclic amines) is 1. The number of hydrogen-bond acceptors (Lipinski definition) is 5. The van der Waals surface area contributed by atoms with E-state index in [2.05, 4.69) is 5.32 Å². The quantitative estimate of drug-likeness (QED) is 0.645. The van der Waals surface area contributed by atoms with Crippen LogP contribution in [0.15, 0.2) is 24.3 Å². The molecule has 0 spiro atoms. The summed E-state index contributed by atoms with van der Waals surface area (Å²) in [7, 11) is 1.57. The molecule has 1 aliphatic rings. The molecule has 0 bridgehead atoms. The zero-order valence-electron chi connectivity index (χ0n) is 18.0. The van der Waals surface area contributed by atoms with Crippen molar-refractivity contribution in [3.63, 3.8) is 0 Å². The summed E-state index contributed by atoms with van der Waals surface area (Å²) >= 11 is 0. The summed E-state index contributed by atoms with van der Waals surface area (Å²) in [5.41, 5.74) is 1.45. The van der Waals surface area contributed by atoms with Crippen LogP contribution in [0, 0.1) is 12.8 Å². The van der Waals surface area contributed by atoms with Crippen molar-refractivity contribution in [3.8, 4) is 0 Å². The standard InChI is InChI=1S/C22H31N3O5/c1-4-30-22(29)17-9-7-13-25(14-17)20(27)15-24(3)19(26)11-12-23-21(28)18-10-6-5-8-16(18)2/h5-6,8,10,17H,4,7,9,11-15H2,1-3H3,(H,23,28). The van der Waals surface area contributed by atoms with Crippen LogP contribution in [-0.4, -0.2) is 73.3 Å². The highest BCUT2D eigenvalue weighted by atomic mass is 16.5. The molecule has 8 nitrogen and oxygen atoms in total. The van der Waals surface area contributed by atoms with Crippen LogP contribution in [-0.2, 0) is 19.1 Å². The maximum absolute atomic E-state index is 12.6. The molecule has 2 rings (SSSR count). The summed E-state index contributed by atoms with van der Waals surface area (Å²) in [4.78, 5) is 52.0. The van der Waals surface area contributed by atoms with Gasteiger partial charge in [-0.25, -0.2) is 0 Å². The fourth-order valence-electron chi connectivity index (χ4n) is 3.44. The van der Waals surface area contributed by atoms with Crippen molar-refractivity contribution < 1.29 is 23.9 Å². The number of benzene rings is 1. The third-order valence-corrected chi connectivity index (χ3v) is 5.21. The molecule has 8 heteroatoms. The van der Waals surface area contributed by atoms with Crippen LogP contribution in [0.4, 0.5) is 0 Å². The molecule has 0 aliphatic carbocycles. The van der Waals surface area contributed by atoms with E-state index in [1.807, 2.05) is 19.1 Å². The highest BCUT2D eigenvalue weighted by Crippen LogP contribution is 2.18. The van der Waals surface area contributed by atoms with E-state index in [4.69, 9.17) is 4.74 Å². The van der Waals surface area contributed by atoms with Crippen LogP contribution < -0.4 is 5.32 Å². The van der Waals surface area contributed by atoms with E-state index in [-0.39, 0.29) is 49.1 Å². The lowest BCUT2D eigenvalue weighted by molar-refractivity contribution is -0.152. The van der Waals surface area contributed by atoms with Gasteiger partial charge in [-0.05, 0) is 38.3 Å². The Labute approximate surface area is 177 Å². The number of rotatable bonds is 8. The summed E-state index contributed by atoms with van der Waals surface area (Å²) < 4.78 is 5.06. The normalized spacial score (nSPS) is 16.0. The SMILES string of the molecule is CCOC(=O)C1CCCN(C(=O)CN(C)C(=O)CCNC(=O)c2ccccc2C)C1. The number of carbonyl (C=O) groups excluding carboxylic acids is 4. The second-order valence-electron chi connectivity index (χ2n) is 7.50. The van der Waals surface area contributed by atoms with Crippen molar-refractivity contribution in [3.05, 3.63) is 35.4 Å². The minimum atomic E-state index is -0.305. The number of carbonyl (C=O) groups is 4. The molecule has 1 heterocycles. The Morgan fingerprint density at radius 2 is 1.97 bits per heavy atom. The van der Waals surface area contributed by atoms with Crippen molar-refractivity contribution in [2.24, 2.45) is 5.92 Å². The Morgan fingerprint density at radius 3 is 2.67 bits per heavy atom. The van der Waals surface area contributed by atoms with Crippen LogP contribution in [0.1, 0.15) is 42.1 Å². The summed E-state index contributed by atoms with van der Waals surface area (Å²) in [6.07, 6.45) is 1.54. The van der Waals surface area contributed by atoms with Crippen LogP contribution >= 0.6 is 0 Å². The number of hydrogen-bond donors (Lipinski definition) is 1. The number of nitrogens with zero attached hydrogens (tertiary/aromatic N) is 2. The molecule has 1 fully saturated rings. The topological polar surface area (TPSA) is 96.0 Å². The summed E-state index contributed by atoms with van der Waals surface area (Å²) in [5, 5.41) is 2.74. The van der Waals surface area contributed by atoms with Gasteiger partial charge in [0.2, 0.25) is 11.8 Å².